The molecule has 3 aromatic rings. The summed E-state index contributed by atoms with van der Waals surface area (Å²) in [6.45, 7) is 1.33. The number of benzene rings is 2. The summed E-state index contributed by atoms with van der Waals surface area (Å²) in [5.41, 5.74) is 2.08. The molecule has 1 aliphatic heterocycles. The SMILES string of the molecule is CN(C)C1CN(C(=O)[C@H](Cc2c[nH]c3ccccc23)NC(=O)C2(c3ccc(Cl)cc3Cl)CC2)C1. The van der Waals surface area contributed by atoms with Crippen LogP contribution in [0, 0.1) is 0 Å². The number of hydrogen-bond acceptors (Lipinski definition) is 3. The molecule has 2 heterocycles. The summed E-state index contributed by atoms with van der Waals surface area (Å²) in [5.74, 6) is -0.200. The van der Waals surface area contributed by atoms with E-state index < -0.39 is 11.5 Å². The predicted octanol–water partition coefficient (Wildman–Crippen LogP) is 4.01. The fourth-order valence-corrected chi connectivity index (χ4v) is 5.41. The summed E-state index contributed by atoms with van der Waals surface area (Å²) in [4.78, 5) is 34.3. The Morgan fingerprint density at radius 1 is 1.18 bits per heavy atom. The zero-order valence-electron chi connectivity index (χ0n) is 19.3. The van der Waals surface area contributed by atoms with Crippen LogP contribution in [-0.2, 0) is 21.4 Å². The standard InChI is InChI=1S/C26H28Cl2N4O2/c1-31(2)18-14-32(15-18)24(33)23(11-16-13-29-22-6-4-3-5-19(16)22)30-25(34)26(9-10-26)20-8-7-17(27)12-21(20)28/h3-8,12-13,18,23,29H,9-11,14-15H2,1-2H3,(H,30,34)/t23-/m0/s1. The summed E-state index contributed by atoms with van der Waals surface area (Å²) in [7, 11) is 4.04. The van der Waals surface area contributed by atoms with Crippen LogP contribution in [0.2, 0.25) is 10.0 Å². The van der Waals surface area contributed by atoms with E-state index in [4.69, 9.17) is 23.2 Å². The summed E-state index contributed by atoms with van der Waals surface area (Å²) in [5, 5.41) is 5.18. The van der Waals surface area contributed by atoms with Gasteiger partial charge in [-0.3, -0.25) is 9.59 Å². The van der Waals surface area contributed by atoms with E-state index in [-0.39, 0.29) is 11.8 Å². The monoisotopic (exact) mass is 498 g/mol. The second-order valence-electron chi connectivity index (χ2n) is 9.66. The number of carbonyl (C=O) groups is 2. The number of H-pyrrole nitrogens is 1. The molecule has 0 spiro atoms. The van der Waals surface area contributed by atoms with Crippen molar-refractivity contribution in [3.8, 4) is 0 Å². The van der Waals surface area contributed by atoms with Crippen molar-refractivity contribution in [3.05, 3.63) is 69.8 Å². The number of fused-ring (bicyclic) bond motifs is 1. The number of carbonyl (C=O) groups excluding carboxylic acids is 2. The molecule has 6 nitrogen and oxygen atoms in total. The maximum absolute atomic E-state index is 13.6. The Balaban J connectivity index is 1.40. The highest BCUT2D eigenvalue weighted by molar-refractivity contribution is 6.35. The fraction of sp³-hybridized carbons (Fsp3) is 0.385. The number of halogens is 2. The Hall–Kier alpha value is -2.54. The van der Waals surface area contributed by atoms with E-state index in [1.54, 1.807) is 12.1 Å². The number of hydrogen-bond donors (Lipinski definition) is 2. The smallest absolute Gasteiger partial charge is 0.245 e. The highest BCUT2D eigenvalue weighted by Gasteiger charge is 2.53. The van der Waals surface area contributed by atoms with E-state index in [9.17, 15) is 9.59 Å². The Morgan fingerprint density at radius 3 is 2.59 bits per heavy atom. The number of amides is 2. The molecule has 8 heteroatoms. The first-order chi connectivity index (χ1) is 16.3. The molecule has 5 rings (SSSR count). The van der Waals surface area contributed by atoms with Gasteiger partial charge in [-0.15, -0.1) is 0 Å². The summed E-state index contributed by atoms with van der Waals surface area (Å²) in [6.07, 6.45) is 3.74. The van der Waals surface area contributed by atoms with Gasteiger partial charge in [0.2, 0.25) is 11.8 Å². The molecule has 2 aromatic carbocycles. The van der Waals surface area contributed by atoms with Crippen LogP contribution in [0.3, 0.4) is 0 Å². The first-order valence-corrected chi connectivity index (χ1v) is 12.3. The Labute approximate surface area is 209 Å². The van der Waals surface area contributed by atoms with Crippen LogP contribution in [-0.4, -0.2) is 65.9 Å². The molecule has 0 unspecified atom stereocenters. The number of likely N-dealkylation sites (N-methyl/N-ethyl adjacent to an activating group) is 1. The molecule has 2 N–H and O–H groups in total. The number of rotatable bonds is 7. The van der Waals surface area contributed by atoms with Crippen molar-refractivity contribution in [1.29, 1.82) is 0 Å². The lowest BCUT2D eigenvalue weighted by atomic mass is 9.93. The van der Waals surface area contributed by atoms with E-state index in [0.717, 1.165) is 22.0 Å². The highest BCUT2D eigenvalue weighted by Crippen LogP contribution is 2.51. The first-order valence-electron chi connectivity index (χ1n) is 11.6. The van der Waals surface area contributed by atoms with Gasteiger partial charge in [-0.1, -0.05) is 47.5 Å². The van der Waals surface area contributed by atoms with Gasteiger partial charge in [0, 0.05) is 52.7 Å². The minimum Gasteiger partial charge on any atom is -0.361 e. The minimum absolute atomic E-state index is 0.0465. The third-order valence-electron chi connectivity index (χ3n) is 7.24. The van der Waals surface area contributed by atoms with E-state index in [0.29, 0.717) is 48.4 Å². The summed E-state index contributed by atoms with van der Waals surface area (Å²) < 4.78 is 0. The van der Waals surface area contributed by atoms with Gasteiger partial charge in [-0.25, -0.2) is 0 Å². The van der Waals surface area contributed by atoms with Crippen LogP contribution in [0.1, 0.15) is 24.0 Å². The third kappa shape index (κ3) is 4.19. The molecule has 2 amide bonds. The van der Waals surface area contributed by atoms with Crippen LogP contribution in [0.5, 0.6) is 0 Å². The first kappa shape index (κ1) is 23.2. The van der Waals surface area contributed by atoms with Crippen LogP contribution in [0.25, 0.3) is 10.9 Å². The number of aromatic amines is 1. The quantitative estimate of drug-likeness (QED) is 0.517. The predicted molar refractivity (Wildman–Crippen MR) is 135 cm³/mol. The lowest BCUT2D eigenvalue weighted by Gasteiger charge is -2.44. The van der Waals surface area contributed by atoms with Gasteiger partial charge < -0.3 is 20.1 Å². The zero-order chi connectivity index (χ0) is 24.0. The third-order valence-corrected chi connectivity index (χ3v) is 7.79. The van der Waals surface area contributed by atoms with Gasteiger partial charge in [0.1, 0.15) is 6.04 Å². The molecule has 2 fully saturated rings. The van der Waals surface area contributed by atoms with E-state index in [2.05, 4.69) is 15.2 Å². The van der Waals surface area contributed by atoms with Crippen LogP contribution < -0.4 is 5.32 Å². The van der Waals surface area contributed by atoms with Gasteiger partial charge in [-0.05, 0) is 56.3 Å². The molecular formula is C26H28Cl2N4O2. The van der Waals surface area contributed by atoms with E-state index in [1.807, 2.05) is 55.5 Å². The van der Waals surface area contributed by atoms with Crippen LogP contribution in [0.4, 0.5) is 0 Å². The fourth-order valence-electron chi connectivity index (χ4n) is 4.82. The number of nitrogens with one attached hydrogen (secondary N) is 2. The van der Waals surface area contributed by atoms with Crippen molar-refractivity contribution >= 4 is 45.9 Å². The van der Waals surface area contributed by atoms with Crippen molar-refractivity contribution in [2.24, 2.45) is 0 Å². The number of nitrogens with zero attached hydrogens (tertiary/aromatic N) is 2. The average Bonchev–Trinajstić information content (AvgIpc) is 3.47. The second-order valence-corrected chi connectivity index (χ2v) is 10.5. The van der Waals surface area contributed by atoms with Crippen molar-refractivity contribution < 1.29 is 9.59 Å². The van der Waals surface area contributed by atoms with Gasteiger partial charge in [0.25, 0.3) is 0 Å². The second kappa shape index (κ2) is 8.91. The van der Waals surface area contributed by atoms with Gasteiger partial charge >= 0.3 is 0 Å². The van der Waals surface area contributed by atoms with Gasteiger partial charge in [-0.2, -0.15) is 0 Å². The lowest BCUT2D eigenvalue weighted by molar-refractivity contribution is -0.142. The Kier molecular flexibility index (Phi) is 6.09. The van der Waals surface area contributed by atoms with E-state index >= 15 is 0 Å². The van der Waals surface area contributed by atoms with E-state index in [1.165, 1.54) is 0 Å². The number of para-hydroxylation sites is 1. The molecular weight excluding hydrogens is 471 g/mol. The van der Waals surface area contributed by atoms with Crippen LogP contribution >= 0.6 is 23.2 Å². The van der Waals surface area contributed by atoms with Crippen molar-refractivity contribution in [1.82, 2.24) is 20.1 Å². The number of likely N-dealkylation sites (tertiary alicyclic amines) is 1. The Morgan fingerprint density at radius 2 is 1.91 bits per heavy atom. The molecule has 1 aromatic heterocycles. The normalized spacial score (nSPS) is 18.1. The molecule has 1 atom stereocenters. The van der Waals surface area contributed by atoms with Crippen molar-refractivity contribution in [2.75, 3.05) is 27.2 Å². The van der Waals surface area contributed by atoms with Crippen molar-refractivity contribution in [2.45, 2.75) is 36.8 Å². The molecule has 1 aliphatic carbocycles. The maximum atomic E-state index is 13.6. The average molecular weight is 499 g/mol. The Bertz CT molecular complexity index is 1240. The lowest BCUT2D eigenvalue weighted by Crippen LogP contribution is -2.63. The minimum atomic E-state index is -0.707. The largest absolute Gasteiger partial charge is 0.361 e. The zero-order valence-corrected chi connectivity index (χ0v) is 20.8. The van der Waals surface area contributed by atoms with Gasteiger partial charge in [0.15, 0.2) is 0 Å². The highest BCUT2D eigenvalue weighted by atomic mass is 35.5. The topological polar surface area (TPSA) is 68.4 Å². The molecule has 1 saturated heterocycles. The summed E-state index contributed by atoms with van der Waals surface area (Å²) >= 11 is 12.5. The molecule has 2 aliphatic rings. The maximum Gasteiger partial charge on any atom is 0.245 e. The molecule has 178 valence electrons. The van der Waals surface area contributed by atoms with Gasteiger partial charge in [0.05, 0.1) is 5.41 Å². The molecule has 0 bridgehead atoms. The molecule has 1 saturated carbocycles. The molecule has 0 radical (unpaired) electrons. The summed E-state index contributed by atoms with van der Waals surface area (Å²) in [6, 6.07) is 12.9. The van der Waals surface area contributed by atoms with Crippen LogP contribution in [0.15, 0.2) is 48.7 Å². The van der Waals surface area contributed by atoms with Crippen molar-refractivity contribution in [3.63, 3.8) is 0 Å². The number of aromatic nitrogens is 1. The molecule has 34 heavy (non-hydrogen) atoms.